The molecule has 5 fully saturated rings. The minimum Gasteiger partial charge on any atom is -0.158 e. The number of thioether (sulfide) groups is 1. The Morgan fingerprint density at radius 3 is 2.04 bits per heavy atom. The zero-order valence-electron chi connectivity index (χ0n) is 16.3. The molecule has 0 aromatic carbocycles. The molecule has 0 radical (unpaired) electrons. The first kappa shape index (κ1) is 18.2. The summed E-state index contributed by atoms with van der Waals surface area (Å²) in [7, 11) is 0. The highest BCUT2D eigenvalue weighted by atomic mass is 32.2. The van der Waals surface area contributed by atoms with Gasteiger partial charge >= 0.3 is 0 Å². The fraction of sp³-hybridized carbons (Fsp3) is 1.00. The van der Waals surface area contributed by atoms with E-state index in [2.05, 4.69) is 18.7 Å². The van der Waals surface area contributed by atoms with E-state index in [9.17, 15) is 0 Å². The molecule has 5 aliphatic carbocycles. The summed E-state index contributed by atoms with van der Waals surface area (Å²) in [6.45, 7) is 10.4. The topological polar surface area (TPSA) is 0 Å². The standard InChI is InChI=1S/C18H28S.2C2H6/c1-2-6-19-16-8-10-7-15(16)18-14-9-13(17(10)18)11-4-3-5-12(11)14;2*1-2/h10-18H,2-9H2,1H3;2*1-2H3/t10?,11-,12?,13?,14?,15?,16?,17?,18?;;/m1../s1. The summed E-state index contributed by atoms with van der Waals surface area (Å²) in [5.74, 6) is 11.0. The fourth-order valence-electron chi connectivity index (χ4n) is 7.72. The largest absolute Gasteiger partial charge is 0.158 e. The molecule has 8 unspecified atom stereocenters. The van der Waals surface area contributed by atoms with E-state index in [0.717, 1.165) is 11.2 Å². The number of rotatable bonds is 3. The van der Waals surface area contributed by atoms with Gasteiger partial charge in [-0.1, -0.05) is 41.0 Å². The molecular weight excluding hydrogens is 296 g/mol. The first-order chi connectivity index (χ1) is 11.4. The second kappa shape index (κ2) is 7.71. The molecule has 1 heteroatoms. The quantitative estimate of drug-likeness (QED) is 0.506. The second-order valence-electron chi connectivity index (χ2n) is 8.28. The molecule has 0 aromatic heterocycles. The van der Waals surface area contributed by atoms with E-state index in [4.69, 9.17) is 0 Å². The Morgan fingerprint density at radius 1 is 0.739 bits per heavy atom. The highest BCUT2D eigenvalue weighted by molar-refractivity contribution is 7.99. The van der Waals surface area contributed by atoms with Crippen LogP contribution in [0.4, 0.5) is 0 Å². The molecule has 0 aromatic rings. The summed E-state index contributed by atoms with van der Waals surface area (Å²) in [6, 6.07) is 0. The predicted molar refractivity (Wildman–Crippen MR) is 105 cm³/mol. The first-order valence-electron chi connectivity index (χ1n) is 11.0. The Hall–Kier alpha value is 0.350. The van der Waals surface area contributed by atoms with Crippen LogP contribution in [0.1, 0.15) is 79.6 Å². The van der Waals surface area contributed by atoms with Gasteiger partial charge < -0.3 is 0 Å². The van der Waals surface area contributed by atoms with E-state index in [0.29, 0.717) is 0 Å². The molecule has 5 rings (SSSR count). The van der Waals surface area contributed by atoms with Gasteiger partial charge in [-0.3, -0.25) is 0 Å². The Balaban J connectivity index is 0.000000365. The van der Waals surface area contributed by atoms with Crippen molar-refractivity contribution in [2.75, 3.05) is 5.75 Å². The van der Waals surface area contributed by atoms with Gasteiger partial charge in [0.25, 0.3) is 0 Å². The van der Waals surface area contributed by atoms with E-state index in [-0.39, 0.29) is 0 Å². The number of hydrogen-bond donors (Lipinski definition) is 0. The van der Waals surface area contributed by atoms with Crippen LogP contribution in [0.3, 0.4) is 0 Å². The van der Waals surface area contributed by atoms with Crippen LogP contribution in [-0.4, -0.2) is 11.0 Å². The summed E-state index contributed by atoms with van der Waals surface area (Å²) >= 11 is 2.35. The highest BCUT2D eigenvalue weighted by Gasteiger charge is 2.67. The van der Waals surface area contributed by atoms with Gasteiger partial charge in [0.05, 0.1) is 0 Å². The van der Waals surface area contributed by atoms with Crippen molar-refractivity contribution in [3.63, 3.8) is 0 Å². The summed E-state index contributed by atoms with van der Waals surface area (Å²) in [5.41, 5.74) is 0. The first-order valence-corrected chi connectivity index (χ1v) is 12.0. The third-order valence-electron chi connectivity index (χ3n) is 7.86. The molecule has 0 aliphatic heterocycles. The lowest BCUT2D eigenvalue weighted by Crippen LogP contribution is -2.39. The molecule has 0 saturated heterocycles. The monoisotopic (exact) mass is 336 g/mol. The van der Waals surface area contributed by atoms with Gasteiger partial charge in [-0.15, -0.1) is 0 Å². The van der Waals surface area contributed by atoms with Gasteiger partial charge in [-0.2, -0.15) is 11.8 Å². The van der Waals surface area contributed by atoms with Gasteiger partial charge in [0.1, 0.15) is 0 Å². The minimum absolute atomic E-state index is 1.07. The zero-order chi connectivity index (χ0) is 16.6. The molecule has 134 valence electrons. The van der Waals surface area contributed by atoms with Crippen molar-refractivity contribution in [1.29, 1.82) is 0 Å². The van der Waals surface area contributed by atoms with Gasteiger partial charge in [0, 0.05) is 5.25 Å². The molecular formula is C22H40S. The van der Waals surface area contributed by atoms with Crippen molar-refractivity contribution in [2.24, 2.45) is 47.3 Å². The molecule has 0 N–H and O–H groups in total. The molecule has 9 atom stereocenters. The molecule has 23 heavy (non-hydrogen) atoms. The van der Waals surface area contributed by atoms with E-state index in [1.807, 2.05) is 27.7 Å². The van der Waals surface area contributed by atoms with Crippen molar-refractivity contribution in [1.82, 2.24) is 0 Å². The van der Waals surface area contributed by atoms with Crippen molar-refractivity contribution in [2.45, 2.75) is 84.8 Å². The molecule has 0 amide bonds. The molecule has 0 heterocycles. The van der Waals surface area contributed by atoms with Crippen LogP contribution < -0.4 is 0 Å². The average Bonchev–Trinajstić information content (AvgIpc) is 3.38. The Bertz CT molecular complexity index is 376. The van der Waals surface area contributed by atoms with Crippen LogP contribution in [0.2, 0.25) is 0 Å². The Morgan fingerprint density at radius 2 is 1.39 bits per heavy atom. The molecule has 5 aliphatic rings. The maximum atomic E-state index is 2.35. The smallest absolute Gasteiger partial charge is 0.00810 e. The maximum absolute atomic E-state index is 2.35. The van der Waals surface area contributed by atoms with Crippen LogP contribution in [0, 0.1) is 47.3 Å². The second-order valence-corrected chi connectivity index (χ2v) is 9.63. The molecule has 0 spiro atoms. The minimum atomic E-state index is 1.07. The number of hydrogen-bond acceptors (Lipinski definition) is 1. The molecule has 4 bridgehead atoms. The highest BCUT2D eigenvalue weighted by Crippen LogP contribution is 2.73. The predicted octanol–water partition coefficient (Wildman–Crippen LogP) is 6.89. The number of fused-ring (bicyclic) bond motifs is 12. The van der Waals surface area contributed by atoms with E-state index >= 15 is 0 Å². The Kier molecular flexibility index (Phi) is 6.08. The van der Waals surface area contributed by atoms with Crippen LogP contribution in [0.15, 0.2) is 0 Å². The molecule has 5 saturated carbocycles. The van der Waals surface area contributed by atoms with E-state index in [1.165, 1.54) is 53.6 Å². The van der Waals surface area contributed by atoms with Crippen LogP contribution >= 0.6 is 11.8 Å². The van der Waals surface area contributed by atoms with E-state index < -0.39 is 0 Å². The summed E-state index contributed by atoms with van der Waals surface area (Å²) < 4.78 is 0. The van der Waals surface area contributed by atoms with E-state index in [1.54, 1.807) is 38.5 Å². The summed E-state index contributed by atoms with van der Waals surface area (Å²) in [4.78, 5) is 0. The van der Waals surface area contributed by atoms with Crippen LogP contribution in [0.25, 0.3) is 0 Å². The van der Waals surface area contributed by atoms with Crippen molar-refractivity contribution in [3.8, 4) is 0 Å². The van der Waals surface area contributed by atoms with Gasteiger partial charge in [0.2, 0.25) is 0 Å². The summed E-state index contributed by atoms with van der Waals surface area (Å²) in [5, 5.41) is 1.07. The molecule has 0 nitrogen and oxygen atoms in total. The van der Waals surface area contributed by atoms with Crippen LogP contribution in [-0.2, 0) is 0 Å². The SMILES string of the molecule is CC.CC.CCCSC1CC2CC1C1C3CC(C21)[C@@H]1CCCC31. The fourth-order valence-corrected chi connectivity index (χ4v) is 9.18. The van der Waals surface area contributed by atoms with Crippen molar-refractivity contribution >= 4 is 11.8 Å². The maximum Gasteiger partial charge on any atom is 0.00810 e. The third kappa shape index (κ3) is 2.72. The zero-order valence-corrected chi connectivity index (χ0v) is 17.1. The lowest BCUT2D eigenvalue weighted by Gasteiger charge is -2.43. The third-order valence-corrected chi connectivity index (χ3v) is 9.48. The van der Waals surface area contributed by atoms with Gasteiger partial charge in [-0.25, -0.2) is 0 Å². The van der Waals surface area contributed by atoms with Crippen molar-refractivity contribution in [3.05, 3.63) is 0 Å². The van der Waals surface area contributed by atoms with Gasteiger partial charge in [-0.05, 0) is 91.6 Å². The normalized spacial score (nSPS) is 50.7. The average molecular weight is 337 g/mol. The van der Waals surface area contributed by atoms with Gasteiger partial charge in [0.15, 0.2) is 0 Å². The Labute approximate surface area is 150 Å². The van der Waals surface area contributed by atoms with Crippen LogP contribution in [0.5, 0.6) is 0 Å². The lowest BCUT2D eigenvalue weighted by molar-refractivity contribution is 0.0741. The van der Waals surface area contributed by atoms with Crippen molar-refractivity contribution < 1.29 is 0 Å². The lowest BCUT2D eigenvalue weighted by atomic mass is 9.64. The summed E-state index contributed by atoms with van der Waals surface area (Å²) in [6.07, 6.45) is 11.1.